The summed E-state index contributed by atoms with van der Waals surface area (Å²) in [4.78, 5) is 13.2. The molecule has 166 valence electrons. The summed E-state index contributed by atoms with van der Waals surface area (Å²) in [6.45, 7) is 4.86. The van der Waals surface area contributed by atoms with Gasteiger partial charge in [0.25, 0.3) is 0 Å². The van der Waals surface area contributed by atoms with Gasteiger partial charge in [-0.1, -0.05) is 60.7 Å². The molecule has 0 amide bonds. The van der Waals surface area contributed by atoms with Crippen molar-refractivity contribution in [2.24, 2.45) is 5.41 Å². The highest BCUT2D eigenvalue weighted by Gasteiger charge is 2.41. The van der Waals surface area contributed by atoms with Crippen LogP contribution >= 0.6 is 0 Å². The molecular weight excluding hydrogens is 388 g/mol. The van der Waals surface area contributed by atoms with Gasteiger partial charge >= 0.3 is 5.97 Å². The van der Waals surface area contributed by atoms with Gasteiger partial charge in [-0.15, -0.1) is 0 Å². The molecule has 1 aliphatic heterocycles. The number of carboxylic acid groups (broad SMARTS) is 1. The predicted octanol–water partition coefficient (Wildman–Crippen LogP) is 3.91. The van der Waals surface area contributed by atoms with Crippen LogP contribution in [-0.4, -0.2) is 54.8 Å². The first-order valence-electron chi connectivity index (χ1n) is 11.5. The van der Waals surface area contributed by atoms with E-state index < -0.39 is 5.97 Å². The second-order valence-corrected chi connectivity index (χ2v) is 9.20. The number of carboxylic acids is 1. The lowest BCUT2D eigenvalue weighted by Gasteiger charge is -2.42. The van der Waals surface area contributed by atoms with Gasteiger partial charge in [-0.2, -0.15) is 0 Å². The van der Waals surface area contributed by atoms with E-state index in [1.165, 1.54) is 17.5 Å². The van der Waals surface area contributed by atoms with Crippen molar-refractivity contribution in [2.75, 3.05) is 32.8 Å². The van der Waals surface area contributed by atoms with Crippen molar-refractivity contribution in [3.8, 4) is 0 Å². The number of piperidine rings is 1. The first-order valence-corrected chi connectivity index (χ1v) is 11.5. The zero-order valence-corrected chi connectivity index (χ0v) is 18.2. The fraction of sp³-hybridized carbons (Fsp3) is 0.500. The molecule has 0 bridgehead atoms. The molecule has 0 spiro atoms. The van der Waals surface area contributed by atoms with E-state index in [-0.39, 0.29) is 11.8 Å². The molecule has 0 unspecified atom stereocenters. The third-order valence-electron chi connectivity index (χ3n) is 6.84. The Morgan fingerprint density at radius 3 is 2.42 bits per heavy atom. The Kier molecular flexibility index (Phi) is 7.38. The molecule has 2 aliphatic rings. The number of benzene rings is 2. The Morgan fingerprint density at radius 2 is 1.74 bits per heavy atom. The summed E-state index contributed by atoms with van der Waals surface area (Å²) in [6, 6.07) is 21.7. The van der Waals surface area contributed by atoms with Crippen LogP contribution in [0.15, 0.2) is 60.7 Å². The van der Waals surface area contributed by atoms with Crippen molar-refractivity contribution in [1.82, 2.24) is 10.2 Å². The molecule has 1 aliphatic carbocycles. The lowest BCUT2D eigenvalue weighted by Crippen LogP contribution is -2.48. The smallest absolute Gasteiger partial charge is 0.304 e. The number of aliphatic carboxylic acids is 1. The summed E-state index contributed by atoms with van der Waals surface area (Å²) < 4.78 is 6.21. The van der Waals surface area contributed by atoms with Crippen molar-refractivity contribution in [3.05, 3.63) is 71.8 Å². The number of hydrogen-bond acceptors (Lipinski definition) is 4. The molecule has 0 aromatic heterocycles. The normalized spacial score (nSPS) is 22.8. The number of carbonyl (C=O) groups is 1. The Balaban J connectivity index is 1.31. The molecule has 2 N–H and O–H groups in total. The monoisotopic (exact) mass is 422 g/mol. The number of likely N-dealkylation sites (tertiary alicyclic amines) is 1. The molecule has 2 aromatic rings. The summed E-state index contributed by atoms with van der Waals surface area (Å²) in [5.74, 6) is -0.0930. The van der Waals surface area contributed by atoms with E-state index in [9.17, 15) is 4.79 Å². The first kappa shape index (κ1) is 22.0. The Morgan fingerprint density at radius 1 is 1.06 bits per heavy atom. The third kappa shape index (κ3) is 6.39. The minimum atomic E-state index is -0.717. The maximum absolute atomic E-state index is 10.9. The highest BCUT2D eigenvalue weighted by Crippen LogP contribution is 2.42. The van der Waals surface area contributed by atoms with E-state index >= 15 is 0 Å². The average molecular weight is 423 g/mol. The van der Waals surface area contributed by atoms with Crippen LogP contribution in [0.25, 0.3) is 0 Å². The van der Waals surface area contributed by atoms with Crippen molar-refractivity contribution in [3.63, 3.8) is 0 Å². The lowest BCUT2D eigenvalue weighted by atomic mass is 9.78. The van der Waals surface area contributed by atoms with Crippen LogP contribution in [0.4, 0.5) is 0 Å². The molecule has 5 heteroatoms. The molecule has 1 saturated heterocycles. The third-order valence-corrected chi connectivity index (χ3v) is 6.84. The largest absolute Gasteiger partial charge is 0.481 e. The maximum atomic E-state index is 10.9. The van der Waals surface area contributed by atoms with Crippen LogP contribution in [0.3, 0.4) is 0 Å². The zero-order valence-electron chi connectivity index (χ0n) is 18.2. The van der Waals surface area contributed by atoms with E-state index in [1.54, 1.807) is 0 Å². The number of nitrogens with zero attached hydrogens (tertiary/aromatic N) is 1. The summed E-state index contributed by atoms with van der Waals surface area (Å²) >= 11 is 0. The minimum absolute atomic E-state index is 0.109. The van der Waals surface area contributed by atoms with E-state index in [1.807, 2.05) is 18.2 Å². The summed E-state index contributed by atoms with van der Waals surface area (Å²) in [5, 5.41) is 12.8. The molecule has 1 saturated carbocycles. The summed E-state index contributed by atoms with van der Waals surface area (Å²) in [5.41, 5.74) is 2.74. The van der Waals surface area contributed by atoms with Gasteiger partial charge in [0.15, 0.2) is 0 Å². The molecule has 2 atom stereocenters. The number of nitrogens with one attached hydrogen (secondary N) is 1. The average Bonchev–Trinajstić information content (AvgIpc) is 3.59. The molecule has 5 nitrogen and oxygen atoms in total. The van der Waals surface area contributed by atoms with Gasteiger partial charge in [0.05, 0.1) is 19.6 Å². The van der Waals surface area contributed by atoms with Crippen LogP contribution in [0, 0.1) is 5.41 Å². The molecule has 4 rings (SSSR count). The Hall–Kier alpha value is -2.21. The van der Waals surface area contributed by atoms with Gasteiger partial charge in [-0.3, -0.25) is 4.79 Å². The SMILES string of the molecule is O=C(O)CCN1CCC(CN[C@@H]2C[C@H]2c2ccccc2)(COCc2ccccc2)CC1. The summed E-state index contributed by atoms with van der Waals surface area (Å²) in [7, 11) is 0. The van der Waals surface area contributed by atoms with Crippen LogP contribution in [-0.2, 0) is 16.1 Å². The van der Waals surface area contributed by atoms with E-state index in [0.29, 0.717) is 25.1 Å². The van der Waals surface area contributed by atoms with Gasteiger partial charge in [0.1, 0.15) is 0 Å². The van der Waals surface area contributed by atoms with Gasteiger partial charge in [-0.05, 0) is 43.5 Å². The second-order valence-electron chi connectivity index (χ2n) is 9.20. The van der Waals surface area contributed by atoms with Gasteiger partial charge in [0, 0.05) is 30.5 Å². The van der Waals surface area contributed by atoms with Crippen LogP contribution < -0.4 is 5.32 Å². The first-order chi connectivity index (χ1) is 15.1. The topological polar surface area (TPSA) is 61.8 Å². The van der Waals surface area contributed by atoms with Gasteiger partial charge < -0.3 is 20.1 Å². The molecular formula is C26H34N2O3. The summed E-state index contributed by atoms with van der Waals surface area (Å²) in [6.07, 6.45) is 3.50. The Labute approximate surface area is 185 Å². The predicted molar refractivity (Wildman–Crippen MR) is 122 cm³/mol. The number of hydrogen-bond donors (Lipinski definition) is 2. The number of rotatable bonds is 11. The van der Waals surface area contributed by atoms with Crippen LogP contribution in [0.1, 0.15) is 42.7 Å². The van der Waals surface area contributed by atoms with Crippen molar-refractivity contribution >= 4 is 5.97 Å². The van der Waals surface area contributed by atoms with Crippen molar-refractivity contribution in [1.29, 1.82) is 0 Å². The highest BCUT2D eigenvalue weighted by atomic mass is 16.5. The van der Waals surface area contributed by atoms with Gasteiger partial charge in [-0.25, -0.2) is 0 Å². The van der Waals surface area contributed by atoms with Crippen LogP contribution in [0.2, 0.25) is 0 Å². The molecule has 2 aromatic carbocycles. The van der Waals surface area contributed by atoms with E-state index in [2.05, 4.69) is 52.7 Å². The number of ether oxygens (including phenoxy) is 1. The lowest BCUT2D eigenvalue weighted by molar-refractivity contribution is -0.137. The standard InChI is InChI=1S/C26H34N2O3/c29-25(30)11-14-28-15-12-26(13-16-28,20-31-18-21-7-3-1-4-8-21)19-27-24-17-23(24)22-9-5-2-6-10-22/h1-10,23-24,27H,11-20H2,(H,29,30)/t23-,24+/m0/s1. The quantitative estimate of drug-likeness (QED) is 0.575. The minimum Gasteiger partial charge on any atom is -0.481 e. The maximum Gasteiger partial charge on any atom is 0.304 e. The van der Waals surface area contributed by atoms with E-state index in [0.717, 1.165) is 39.1 Å². The highest BCUT2D eigenvalue weighted by molar-refractivity contribution is 5.66. The molecule has 31 heavy (non-hydrogen) atoms. The molecule has 1 heterocycles. The Bertz CT molecular complexity index is 819. The fourth-order valence-corrected chi connectivity index (χ4v) is 4.67. The second kappa shape index (κ2) is 10.4. The van der Waals surface area contributed by atoms with Crippen LogP contribution in [0.5, 0.6) is 0 Å². The van der Waals surface area contributed by atoms with Crippen molar-refractivity contribution < 1.29 is 14.6 Å². The van der Waals surface area contributed by atoms with Gasteiger partial charge in [0.2, 0.25) is 0 Å². The zero-order chi connectivity index (χ0) is 21.5. The van der Waals surface area contributed by atoms with E-state index in [4.69, 9.17) is 9.84 Å². The molecule has 0 radical (unpaired) electrons. The fourth-order valence-electron chi connectivity index (χ4n) is 4.67. The van der Waals surface area contributed by atoms with Crippen molar-refractivity contribution in [2.45, 2.75) is 44.2 Å². The molecule has 2 fully saturated rings.